The number of carbonyl (C=O) groups excluding carboxylic acids is 2. The predicted octanol–water partition coefficient (Wildman–Crippen LogP) is 1.33. The van der Waals surface area contributed by atoms with Gasteiger partial charge in [0.05, 0.1) is 35.8 Å². The van der Waals surface area contributed by atoms with Crippen LogP contribution in [0.25, 0.3) is 0 Å². The van der Waals surface area contributed by atoms with E-state index in [0.29, 0.717) is 17.9 Å². The summed E-state index contributed by atoms with van der Waals surface area (Å²) in [6.07, 6.45) is 0.282. The van der Waals surface area contributed by atoms with E-state index in [1.807, 2.05) is 13.8 Å². The number of ether oxygens (including phenoxy) is 3. The highest BCUT2D eigenvalue weighted by atomic mass is 32.2. The van der Waals surface area contributed by atoms with Crippen LogP contribution in [0.2, 0.25) is 0 Å². The molecule has 1 amide bonds. The van der Waals surface area contributed by atoms with Crippen molar-refractivity contribution in [1.29, 1.82) is 0 Å². The maximum absolute atomic E-state index is 12.2. The number of hydrogen-bond donors (Lipinski definition) is 1. The number of rotatable bonds is 7. The maximum Gasteiger partial charge on any atom is 0.338 e. The molecule has 1 aromatic rings. The quantitative estimate of drug-likeness (QED) is 0.689. The van der Waals surface area contributed by atoms with E-state index < -0.39 is 33.9 Å². The second kappa shape index (κ2) is 8.16. The largest absolute Gasteiger partial charge is 0.493 e. The number of amides is 1. The fourth-order valence-electron chi connectivity index (χ4n) is 2.84. The van der Waals surface area contributed by atoms with Crippen molar-refractivity contribution in [3.05, 3.63) is 23.8 Å². The molecule has 8 nitrogen and oxygen atoms in total. The van der Waals surface area contributed by atoms with Crippen LogP contribution in [0.3, 0.4) is 0 Å². The van der Waals surface area contributed by atoms with Crippen LogP contribution in [-0.2, 0) is 19.4 Å². The van der Waals surface area contributed by atoms with Gasteiger partial charge in [0.2, 0.25) is 0 Å². The third-order valence-corrected chi connectivity index (χ3v) is 5.94. The molecule has 1 aromatic carbocycles. The molecular weight excluding hydrogens is 374 g/mol. The highest BCUT2D eigenvalue weighted by Crippen LogP contribution is 2.29. The van der Waals surface area contributed by atoms with Gasteiger partial charge in [-0.3, -0.25) is 4.79 Å². The summed E-state index contributed by atoms with van der Waals surface area (Å²) in [6.45, 7) is 4.91. The lowest BCUT2D eigenvalue weighted by molar-refractivity contribution is -0.125. The van der Waals surface area contributed by atoms with Gasteiger partial charge in [-0.1, -0.05) is 0 Å². The van der Waals surface area contributed by atoms with Gasteiger partial charge in [-0.05, 0) is 45.4 Å². The fourth-order valence-corrected chi connectivity index (χ4v) is 4.94. The van der Waals surface area contributed by atoms with E-state index >= 15 is 0 Å². The molecule has 2 rings (SSSR count). The zero-order valence-corrected chi connectivity index (χ0v) is 16.7. The molecule has 0 aliphatic carbocycles. The van der Waals surface area contributed by atoms with Gasteiger partial charge in [0.15, 0.2) is 27.9 Å². The number of benzene rings is 1. The van der Waals surface area contributed by atoms with Gasteiger partial charge in [0, 0.05) is 0 Å². The van der Waals surface area contributed by atoms with E-state index in [1.165, 1.54) is 19.2 Å². The molecule has 1 heterocycles. The van der Waals surface area contributed by atoms with Crippen molar-refractivity contribution in [2.75, 3.05) is 25.2 Å². The van der Waals surface area contributed by atoms with E-state index in [9.17, 15) is 18.0 Å². The minimum Gasteiger partial charge on any atom is -0.493 e. The number of hydrogen-bond acceptors (Lipinski definition) is 7. The Kier molecular flexibility index (Phi) is 6.35. The molecular formula is C18H25NO7S. The van der Waals surface area contributed by atoms with Crippen LogP contribution >= 0.6 is 0 Å². The average molecular weight is 399 g/mol. The molecule has 1 fully saturated rings. The predicted molar refractivity (Wildman–Crippen MR) is 98.9 cm³/mol. The molecule has 9 heteroatoms. The van der Waals surface area contributed by atoms with Gasteiger partial charge in [-0.15, -0.1) is 0 Å². The van der Waals surface area contributed by atoms with Crippen LogP contribution in [-0.4, -0.2) is 57.2 Å². The Hall–Kier alpha value is -2.29. The SMILES string of the molecule is COc1cc(C(=O)OCC(=O)NC2(C)CCS(=O)(=O)C2)ccc1OC(C)C. The smallest absolute Gasteiger partial charge is 0.338 e. The molecule has 1 N–H and O–H groups in total. The Bertz CT molecular complexity index is 819. The molecule has 1 saturated heterocycles. The van der Waals surface area contributed by atoms with Crippen molar-refractivity contribution in [2.24, 2.45) is 0 Å². The topological polar surface area (TPSA) is 108 Å². The van der Waals surface area contributed by atoms with Crippen LogP contribution < -0.4 is 14.8 Å². The zero-order chi connectivity index (χ0) is 20.2. The first kappa shape index (κ1) is 21.0. The molecule has 1 unspecified atom stereocenters. The molecule has 0 aromatic heterocycles. The maximum atomic E-state index is 12.2. The van der Waals surface area contributed by atoms with E-state index in [4.69, 9.17) is 14.2 Å². The van der Waals surface area contributed by atoms with Crippen LogP contribution in [0.5, 0.6) is 11.5 Å². The first-order valence-corrected chi connectivity index (χ1v) is 10.4. The summed E-state index contributed by atoms with van der Waals surface area (Å²) >= 11 is 0. The Morgan fingerprint density at radius 2 is 1.96 bits per heavy atom. The second-order valence-corrected chi connectivity index (χ2v) is 9.24. The summed E-state index contributed by atoms with van der Waals surface area (Å²) in [4.78, 5) is 24.2. The van der Waals surface area contributed by atoms with Crippen LogP contribution in [0.1, 0.15) is 37.6 Å². The molecule has 0 saturated carbocycles. The normalized spacial score (nSPS) is 20.9. The number of sulfone groups is 1. The van der Waals surface area contributed by atoms with Crippen molar-refractivity contribution in [3.8, 4) is 11.5 Å². The molecule has 0 bridgehead atoms. The minimum absolute atomic E-state index is 0.0359. The molecule has 1 aliphatic rings. The highest BCUT2D eigenvalue weighted by molar-refractivity contribution is 7.91. The first-order valence-electron chi connectivity index (χ1n) is 8.57. The van der Waals surface area contributed by atoms with E-state index in [0.717, 1.165) is 0 Å². The Labute approximate surface area is 159 Å². The van der Waals surface area contributed by atoms with Gasteiger partial charge < -0.3 is 19.5 Å². The molecule has 0 spiro atoms. The lowest BCUT2D eigenvalue weighted by Gasteiger charge is -2.23. The van der Waals surface area contributed by atoms with Crippen molar-refractivity contribution in [2.45, 2.75) is 38.8 Å². The third-order valence-electron chi connectivity index (χ3n) is 4.04. The first-order chi connectivity index (χ1) is 12.5. The Morgan fingerprint density at radius 1 is 1.26 bits per heavy atom. The van der Waals surface area contributed by atoms with Gasteiger partial charge in [-0.2, -0.15) is 0 Å². The monoisotopic (exact) mass is 399 g/mol. The standard InChI is InChI=1S/C18H25NO7S/c1-12(2)26-14-6-5-13(9-15(14)24-4)17(21)25-10-16(20)19-18(3)7-8-27(22,23)11-18/h5-6,9,12H,7-8,10-11H2,1-4H3,(H,19,20). The van der Waals surface area contributed by atoms with E-state index in [2.05, 4.69) is 5.32 Å². The second-order valence-electron chi connectivity index (χ2n) is 7.06. The number of nitrogens with one attached hydrogen (secondary N) is 1. The molecule has 1 atom stereocenters. The van der Waals surface area contributed by atoms with E-state index in [-0.39, 0.29) is 23.2 Å². The average Bonchev–Trinajstić information content (AvgIpc) is 2.85. The van der Waals surface area contributed by atoms with Gasteiger partial charge in [0.1, 0.15) is 0 Å². The van der Waals surface area contributed by atoms with Crippen molar-refractivity contribution in [3.63, 3.8) is 0 Å². The summed E-state index contributed by atoms with van der Waals surface area (Å²) < 4.78 is 39.0. The van der Waals surface area contributed by atoms with Crippen molar-refractivity contribution >= 4 is 21.7 Å². The molecule has 1 aliphatic heterocycles. The summed E-state index contributed by atoms with van der Waals surface area (Å²) in [5, 5.41) is 2.63. The van der Waals surface area contributed by atoms with Gasteiger partial charge >= 0.3 is 5.97 Å². The van der Waals surface area contributed by atoms with Crippen molar-refractivity contribution in [1.82, 2.24) is 5.32 Å². The fraction of sp³-hybridized carbons (Fsp3) is 0.556. The lowest BCUT2D eigenvalue weighted by Crippen LogP contribution is -2.48. The minimum atomic E-state index is -3.14. The summed E-state index contributed by atoms with van der Waals surface area (Å²) in [5.74, 6) is -0.440. The summed E-state index contributed by atoms with van der Waals surface area (Å²) in [6, 6.07) is 4.59. The summed E-state index contributed by atoms with van der Waals surface area (Å²) in [7, 11) is -1.68. The molecule has 0 radical (unpaired) electrons. The number of methoxy groups -OCH3 is 1. The highest BCUT2D eigenvalue weighted by Gasteiger charge is 2.39. The van der Waals surface area contributed by atoms with Crippen LogP contribution in [0, 0.1) is 0 Å². The molecule has 150 valence electrons. The lowest BCUT2D eigenvalue weighted by atomic mass is 10.0. The number of carbonyl (C=O) groups is 2. The zero-order valence-electron chi connectivity index (χ0n) is 15.9. The third kappa shape index (κ3) is 5.85. The van der Waals surface area contributed by atoms with Crippen LogP contribution in [0.15, 0.2) is 18.2 Å². The number of esters is 1. The van der Waals surface area contributed by atoms with E-state index in [1.54, 1.807) is 13.0 Å². The van der Waals surface area contributed by atoms with Crippen molar-refractivity contribution < 1.29 is 32.2 Å². The molecule has 27 heavy (non-hydrogen) atoms. The Balaban J connectivity index is 1.94. The summed E-state index contributed by atoms with van der Waals surface area (Å²) in [5.41, 5.74) is -0.619. The van der Waals surface area contributed by atoms with Crippen LogP contribution in [0.4, 0.5) is 0 Å². The van der Waals surface area contributed by atoms with Gasteiger partial charge in [0.25, 0.3) is 5.91 Å². The van der Waals surface area contributed by atoms with Gasteiger partial charge in [-0.25, -0.2) is 13.2 Å². The Morgan fingerprint density at radius 3 is 2.52 bits per heavy atom.